The number of likely N-dealkylation sites (N-methyl/N-ethyl adjacent to an activating group) is 2. The van der Waals surface area contributed by atoms with Gasteiger partial charge in [0.1, 0.15) is 0 Å². The van der Waals surface area contributed by atoms with Crippen molar-refractivity contribution in [2.24, 2.45) is 15.9 Å². The molecule has 10 heteroatoms. The molecule has 2 aromatic carbocycles. The van der Waals surface area contributed by atoms with E-state index in [1.54, 1.807) is 7.05 Å². The van der Waals surface area contributed by atoms with E-state index in [1.807, 2.05) is 67.6 Å². The van der Waals surface area contributed by atoms with Gasteiger partial charge in [-0.05, 0) is 30.9 Å². The van der Waals surface area contributed by atoms with Crippen molar-refractivity contribution in [3.8, 4) is 0 Å². The summed E-state index contributed by atoms with van der Waals surface area (Å²) >= 11 is 0. The maximum atomic E-state index is 11.8. The fourth-order valence-electron chi connectivity index (χ4n) is 3.49. The van der Waals surface area contributed by atoms with E-state index in [9.17, 15) is 14.7 Å². The maximum Gasteiger partial charge on any atom is 0.0736 e. The molecule has 2 rings (SSSR count). The molecule has 0 aromatic heterocycles. The normalized spacial score (nSPS) is 12.1. The summed E-state index contributed by atoms with van der Waals surface area (Å²) in [7, 11) is 1.56. The van der Waals surface area contributed by atoms with E-state index in [-0.39, 0.29) is 48.7 Å². The van der Waals surface area contributed by atoms with E-state index < -0.39 is 6.04 Å². The van der Waals surface area contributed by atoms with Crippen molar-refractivity contribution in [1.82, 2.24) is 15.0 Å². The number of rotatable bonds is 14. The molecule has 2 aromatic rings. The van der Waals surface area contributed by atoms with Gasteiger partial charge in [-0.3, -0.25) is 15.0 Å². The zero-order chi connectivity index (χ0) is 21.8. The second-order valence-corrected chi connectivity index (χ2v) is 7.15. The summed E-state index contributed by atoms with van der Waals surface area (Å²) in [4.78, 5) is 34.2. The summed E-state index contributed by atoms with van der Waals surface area (Å²) in [6, 6.07) is 18.6. The van der Waals surface area contributed by atoms with E-state index >= 15 is 0 Å². The predicted molar refractivity (Wildman–Crippen MR) is 123 cm³/mol. The van der Waals surface area contributed by atoms with Crippen LogP contribution in [0.15, 0.2) is 76.5 Å². The van der Waals surface area contributed by atoms with Gasteiger partial charge < -0.3 is 0 Å². The molecule has 161 valence electrons. The molecular formula is C21H28N6NaO3. The smallest absolute Gasteiger partial charge is 0.0736 e. The van der Waals surface area contributed by atoms with Gasteiger partial charge in [0.05, 0.1) is 41.0 Å². The van der Waals surface area contributed by atoms with Gasteiger partial charge in [0.25, 0.3) is 0 Å². The molecule has 0 aliphatic heterocycles. The summed E-state index contributed by atoms with van der Waals surface area (Å²) in [5.74, 6) is 0. The fourth-order valence-corrected chi connectivity index (χ4v) is 3.49. The van der Waals surface area contributed by atoms with Gasteiger partial charge >= 0.3 is 0 Å². The second kappa shape index (κ2) is 14.6. The maximum absolute atomic E-state index is 11.8. The Labute approximate surface area is 204 Å². The van der Waals surface area contributed by atoms with Crippen molar-refractivity contribution in [2.45, 2.75) is 31.8 Å². The minimum absolute atomic E-state index is 0. The Balaban J connectivity index is 0.00000480. The third kappa shape index (κ3) is 8.72. The van der Waals surface area contributed by atoms with Crippen LogP contribution in [0.2, 0.25) is 0 Å². The Hall–Kier alpha value is -2.36. The van der Waals surface area contributed by atoms with E-state index in [0.29, 0.717) is 19.4 Å². The van der Waals surface area contributed by atoms with Crippen LogP contribution in [0.25, 0.3) is 0 Å². The van der Waals surface area contributed by atoms with E-state index in [2.05, 4.69) is 15.9 Å². The van der Waals surface area contributed by atoms with Crippen molar-refractivity contribution in [1.29, 1.82) is 0 Å². The van der Waals surface area contributed by atoms with Gasteiger partial charge in [0, 0.05) is 43.1 Å². The topological polar surface area (TPSA) is 98.0 Å². The molecule has 1 radical (unpaired) electrons. The third-order valence-corrected chi connectivity index (χ3v) is 5.02. The Bertz CT molecular complexity index is 783. The third-order valence-electron chi connectivity index (χ3n) is 5.02. The van der Waals surface area contributed by atoms with Crippen LogP contribution in [0.1, 0.15) is 18.1 Å². The van der Waals surface area contributed by atoms with Crippen LogP contribution in [0.4, 0.5) is 0 Å². The molecule has 9 nitrogen and oxygen atoms in total. The van der Waals surface area contributed by atoms with Gasteiger partial charge in [0.2, 0.25) is 0 Å². The first kappa shape index (κ1) is 26.7. The second-order valence-electron chi connectivity index (χ2n) is 7.15. The van der Waals surface area contributed by atoms with Crippen LogP contribution in [0.5, 0.6) is 0 Å². The summed E-state index contributed by atoms with van der Waals surface area (Å²) in [6.07, 6.45) is 1.04. The van der Waals surface area contributed by atoms with Gasteiger partial charge in [-0.25, -0.2) is 0 Å². The average molecular weight is 435 g/mol. The van der Waals surface area contributed by atoms with Crippen LogP contribution in [0, 0.1) is 14.7 Å². The molecule has 0 aliphatic rings. The molecular weight excluding hydrogens is 407 g/mol. The average Bonchev–Trinajstić information content (AvgIpc) is 2.78. The first-order chi connectivity index (χ1) is 14.6. The van der Waals surface area contributed by atoms with E-state index in [0.717, 1.165) is 11.1 Å². The van der Waals surface area contributed by atoms with Crippen LogP contribution < -0.4 is 0 Å². The van der Waals surface area contributed by atoms with Crippen LogP contribution in [-0.4, -0.2) is 83.3 Å². The zero-order valence-corrected chi connectivity index (χ0v) is 20.4. The minimum Gasteiger partial charge on any atom is -0.262 e. The molecule has 0 amide bonds. The van der Waals surface area contributed by atoms with Crippen LogP contribution in [0.3, 0.4) is 0 Å². The van der Waals surface area contributed by atoms with Crippen LogP contribution in [-0.2, 0) is 12.8 Å². The monoisotopic (exact) mass is 435 g/mol. The first-order valence-corrected chi connectivity index (χ1v) is 9.93. The molecule has 2 atom stereocenters. The molecule has 31 heavy (non-hydrogen) atoms. The minimum atomic E-state index is -0.392. The number of benzene rings is 2. The molecule has 0 saturated heterocycles. The van der Waals surface area contributed by atoms with Crippen molar-refractivity contribution < 1.29 is 0 Å². The molecule has 0 bridgehead atoms. The SMILES string of the molecule is CCN(N=O)[C@@H](Cc1ccccc1)CN(N=O)[C@@H](Cc1ccccc1)CN(C)N=O.[Na]. The molecule has 0 N–H and O–H groups in total. The van der Waals surface area contributed by atoms with Crippen molar-refractivity contribution >= 4 is 29.6 Å². The first-order valence-electron chi connectivity index (χ1n) is 9.93. The molecule has 0 heterocycles. The largest absolute Gasteiger partial charge is 0.262 e. The molecule has 0 fully saturated rings. The summed E-state index contributed by atoms with van der Waals surface area (Å²) in [5, 5.41) is 13.4. The Kier molecular flexibility index (Phi) is 12.6. The number of hydrogen-bond donors (Lipinski definition) is 0. The van der Waals surface area contributed by atoms with Crippen LogP contribution >= 0.6 is 0 Å². The zero-order valence-electron chi connectivity index (χ0n) is 18.4. The summed E-state index contributed by atoms with van der Waals surface area (Å²) < 4.78 is 0. The van der Waals surface area contributed by atoms with Crippen molar-refractivity contribution in [3.63, 3.8) is 0 Å². The standard InChI is InChI=1S/C21H28N6O3.Na/c1-3-26(23-29)21(15-19-12-8-5-9-13-19)17-27(24-30)20(16-25(2)22-28)14-18-10-6-4-7-11-18;/h4-13,20-21H,3,14-17H2,1-2H3;/t20-,21-;/m0./s1. The number of nitrogens with zero attached hydrogens (tertiary/aromatic N) is 6. The summed E-state index contributed by atoms with van der Waals surface area (Å²) in [5.41, 5.74) is 2.04. The number of hydrogen-bond acceptors (Lipinski definition) is 6. The van der Waals surface area contributed by atoms with E-state index in [4.69, 9.17) is 0 Å². The number of nitroso groups, excluding NO2 is 3. The summed E-state index contributed by atoms with van der Waals surface area (Å²) in [6.45, 7) is 2.67. The van der Waals surface area contributed by atoms with E-state index in [1.165, 1.54) is 15.0 Å². The van der Waals surface area contributed by atoms with Crippen molar-refractivity contribution in [3.05, 3.63) is 86.5 Å². The van der Waals surface area contributed by atoms with Gasteiger partial charge in [-0.15, -0.1) is 14.7 Å². The van der Waals surface area contributed by atoms with Gasteiger partial charge in [-0.2, -0.15) is 0 Å². The van der Waals surface area contributed by atoms with Gasteiger partial charge in [-0.1, -0.05) is 60.7 Å². The van der Waals surface area contributed by atoms with Crippen molar-refractivity contribution in [2.75, 3.05) is 26.7 Å². The van der Waals surface area contributed by atoms with Gasteiger partial charge in [0.15, 0.2) is 0 Å². The Morgan fingerprint density at radius 3 is 1.55 bits per heavy atom. The Morgan fingerprint density at radius 2 is 1.16 bits per heavy atom. The quantitative estimate of drug-likeness (QED) is 0.256. The predicted octanol–water partition coefficient (Wildman–Crippen LogP) is 3.43. The molecule has 0 unspecified atom stereocenters. The molecule has 0 saturated carbocycles. The Morgan fingerprint density at radius 1 is 0.710 bits per heavy atom. The molecule has 0 aliphatic carbocycles. The fraction of sp³-hybridized carbons (Fsp3) is 0.429. The molecule has 0 spiro atoms.